The topological polar surface area (TPSA) is 84.3 Å². The second-order valence-electron chi connectivity index (χ2n) is 9.96. The number of halogens is 1. The molecule has 1 N–H and O–H groups in total. The largest absolute Gasteiger partial charge is 0.309 e. The van der Waals surface area contributed by atoms with Crippen molar-refractivity contribution in [1.82, 2.24) is 14.1 Å². The highest BCUT2D eigenvalue weighted by atomic mass is 35.5. The Morgan fingerprint density at radius 1 is 0.947 bits per heavy atom. The first-order valence-corrected chi connectivity index (χ1v) is 14.1. The summed E-state index contributed by atoms with van der Waals surface area (Å²) in [5.74, 6) is -0.0700. The molecule has 3 aromatic carbocycles. The van der Waals surface area contributed by atoms with Gasteiger partial charge in [-0.25, -0.2) is 13.1 Å². The summed E-state index contributed by atoms with van der Waals surface area (Å²) in [5, 5.41) is 8.06. The van der Waals surface area contributed by atoms with E-state index in [1.165, 1.54) is 16.4 Å². The highest BCUT2D eigenvalue weighted by Gasteiger charge is 2.28. The Morgan fingerprint density at radius 3 is 2.18 bits per heavy atom. The lowest BCUT2D eigenvalue weighted by atomic mass is 9.92. The third-order valence-corrected chi connectivity index (χ3v) is 8.20. The van der Waals surface area contributed by atoms with Crippen LogP contribution in [0.15, 0.2) is 95.9 Å². The zero-order valence-electron chi connectivity index (χ0n) is 21.6. The Labute approximate surface area is 229 Å². The first-order valence-electron chi connectivity index (χ1n) is 12.3. The van der Waals surface area contributed by atoms with Gasteiger partial charge in [-0.05, 0) is 36.2 Å². The van der Waals surface area contributed by atoms with Crippen molar-refractivity contribution >= 4 is 33.3 Å². The van der Waals surface area contributed by atoms with Gasteiger partial charge in [0.25, 0.3) is 0 Å². The molecule has 198 valence electrons. The van der Waals surface area contributed by atoms with Crippen molar-refractivity contribution in [2.45, 2.75) is 37.5 Å². The molecular weight excluding hydrogens is 520 g/mol. The monoisotopic (exact) mass is 550 g/mol. The zero-order valence-corrected chi connectivity index (χ0v) is 23.2. The number of rotatable bonds is 9. The van der Waals surface area contributed by atoms with Gasteiger partial charge in [-0.3, -0.25) is 4.79 Å². The molecule has 4 aromatic rings. The highest BCUT2D eigenvalue weighted by molar-refractivity contribution is 7.89. The van der Waals surface area contributed by atoms with E-state index < -0.39 is 15.9 Å². The lowest BCUT2D eigenvalue weighted by Crippen LogP contribution is -2.39. The third kappa shape index (κ3) is 6.51. The van der Waals surface area contributed by atoms with E-state index in [0.29, 0.717) is 22.9 Å². The van der Waals surface area contributed by atoms with E-state index in [4.69, 9.17) is 16.7 Å². The van der Waals surface area contributed by atoms with E-state index in [9.17, 15) is 13.2 Å². The molecule has 0 aliphatic rings. The number of hydrogen-bond donors (Lipinski definition) is 1. The number of nitrogens with zero attached hydrogens (tertiary/aromatic N) is 3. The molecule has 0 saturated carbocycles. The van der Waals surface area contributed by atoms with Crippen molar-refractivity contribution in [3.05, 3.63) is 107 Å². The minimum atomic E-state index is -3.92. The second-order valence-corrected chi connectivity index (χ2v) is 12.3. The van der Waals surface area contributed by atoms with Crippen molar-refractivity contribution in [3.8, 4) is 5.69 Å². The molecule has 0 bridgehead atoms. The molecule has 0 radical (unpaired) electrons. The molecule has 1 heterocycles. The number of aromatic nitrogens is 2. The number of sulfonamides is 1. The van der Waals surface area contributed by atoms with Gasteiger partial charge >= 0.3 is 0 Å². The smallest absolute Gasteiger partial charge is 0.243 e. The van der Waals surface area contributed by atoms with Crippen LogP contribution in [0.2, 0.25) is 5.02 Å². The molecule has 1 amide bonds. The number of carbonyl (C=O) groups is 1. The second kappa shape index (κ2) is 11.5. The van der Waals surface area contributed by atoms with Crippen molar-refractivity contribution < 1.29 is 13.2 Å². The van der Waals surface area contributed by atoms with Crippen LogP contribution in [0.25, 0.3) is 5.69 Å². The lowest BCUT2D eigenvalue weighted by Gasteiger charge is -2.22. The van der Waals surface area contributed by atoms with E-state index in [0.717, 1.165) is 11.3 Å². The van der Waals surface area contributed by atoms with Gasteiger partial charge in [0.1, 0.15) is 5.82 Å². The van der Waals surface area contributed by atoms with Crippen molar-refractivity contribution in [2.24, 2.45) is 0 Å². The third-order valence-electron chi connectivity index (χ3n) is 6.02. The zero-order chi connectivity index (χ0) is 27.3. The molecule has 0 aliphatic carbocycles. The normalized spacial score (nSPS) is 12.0. The standard InChI is InChI=1S/C29H31ClN4O3S/c1-29(2,3)26-20-27(34(32-26)25-17-11-10-16-24(25)30)31-28(35)21-33(19-18-22-12-6-4-7-13-22)38(36,37)23-14-8-5-9-15-23/h4-17,20H,18-19,21H2,1-3H3,(H,31,35). The predicted molar refractivity (Wildman–Crippen MR) is 151 cm³/mol. The molecule has 0 saturated heterocycles. The maximum atomic E-state index is 13.5. The van der Waals surface area contributed by atoms with Crippen LogP contribution in [0.4, 0.5) is 5.82 Å². The van der Waals surface area contributed by atoms with Gasteiger partial charge in [-0.1, -0.05) is 93.0 Å². The molecule has 7 nitrogen and oxygen atoms in total. The maximum absolute atomic E-state index is 13.5. The summed E-state index contributed by atoms with van der Waals surface area (Å²) in [6, 6.07) is 26.7. The summed E-state index contributed by atoms with van der Waals surface area (Å²) < 4.78 is 29.8. The van der Waals surface area contributed by atoms with Gasteiger partial charge < -0.3 is 5.32 Å². The first-order chi connectivity index (χ1) is 18.1. The molecule has 0 unspecified atom stereocenters. The van der Waals surface area contributed by atoms with Gasteiger partial charge in [0.05, 0.1) is 27.8 Å². The van der Waals surface area contributed by atoms with Crippen LogP contribution in [0.3, 0.4) is 0 Å². The van der Waals surface area contributed by atoms with Gasteiger partial charge in [0.2, 0.25) is 15.9 Å². The quantitative estimate of drug-likeness (QED) is 0.290. The summed E-state index contributed by atoms with van der Waals surface area (Å²) in [5.41, 5.74) is 2.06. The van der Waals surface area contributed by atoms with Crippen LogP contribution in [0, 0.1) is 0 Å². The van der Waals surface area contributed by atoms with Crippen LogP contribution in [-0.4, -0.2) is 41.5 Å². The van der Waals surface area contributed by atoms with Crippen molar-refractivity contribution in [3.63, 3.8) is 0 Å². The number of para-hydroxylation sites is 1. The molecule has 0 spiro atoms. The van der Waals surface area contributed by atoms with E-state index in [1.54, 1.807) is 35.0 Å². The van der Waals surface area contributed by atoms with E-state index in [2.05, 4.69) is 5.32 Å². The Hall–Kier alpha value is -3.46. The number of hydrogen-bond acceptors (Lipinski definition) is 4. The SMILES string of the molecule is CC(C)(C)c1cc(NC(=O)CN(CCc2ccccc2)S(=O)(=O)c2ccccc2)n(-c2ccccc2Cl)n1. The first kappa shape index (κ1) is 27.6. The van der Waals surface area contributed by atoms with E-state index in [1.807, 2.05) is 69.3 Å². The van der Waals surface area contributed by atoms with Crippen molar-refractivity contribution in [2.75, 3.05) is 18.4 Å². The number of benzene rings is 3. The summed E-state index contributed by atoms with van der Waals surface area (Å²) in [7, 11) is -3.92. The predicted octanol–water partition coefficient (Wildman–Crippen LogP) is 5.70. The Bertz CT molecular complexity index is 1500. The molecule has 38 heavy (non-hydrogen) atoms. The number of carbonyl (C=O) groups excluding carboxylic acids is 1. The molecule has 4 rings (SSSR count). The van der Waals surface area contributed by atoms with Gasteiger partial charge in [-0.15, -0.1) is 0 Å². The summed E-state index contributed by atoms with van der Waals surface area (Å²) in [6.45, 7) is 5.86. The fourth-order valence-electron chi connectivity index (χ4n) is 3.91. The average Bonchev–Trinajstić information content (AvgIpc) is 3.32. The van der Waals surface area contributed by atoms with E-state index in [-0.39, 0.29) is 23.4 Å². The minimum absolute atomic E-state index is 0.136. The average molecular weight is 551 g/mol. The molecule has 0 aliphatic heterocycles. The number of amides is 1. The highest BCUT2D eigenvalue weighted by Crippen LogP contribution is 2.29. The van der Waals surface area contributed by atoms with Crippen LogP contribution in [-0.2, 0) is 26.7 Å². The fraction of sp³-hybridized carbons (Fsp3) is 0.241. The van der Waals surface area contributed by atoms with Crippen molar-refractivity contribution in [1.29, 1.82) is 0 Å². The molecule has 0 fully saturated rings. The van der Waals surface area contributed by atoms with Crippen LogP contribution < -0.4 is 5.32 Å². The van der Waals surface area contributed by atoms with Gasteiger partial charge in [0, 0.05) is 18.0 Å². The van der Waals surface area contributed by atoms with Crippen LogP contribution in [0.1, 0.15) is 32.0 Å². The molecule has 9 heteroatoms. The summed E-state index contributed by atoms with van der Waals surface area (Å²) in [4.78, 5) is 13.5. The Morgan fingerprint density at radius 2 is 1.55 bits per heavy atom. The molecule has 1 aromatic heterocycles. The Balaban J connectivity index is 1.63. The molecule has 0 atom stereocenters. The Kier molecular flexibility index (Phi) is 8.35. The van der Waals surface area contributed by atoms with Crippen LogP contribution in [0.5, 0.6) is 0 Å². The molecular formula is C29H31ClN4O3S. The van der Waals surface area contributed by atoms with Gasteiger partial charge in [0.15, 0.2) is 0 Å². The summed E-state index contributed by atoms with van der Waals surface area (Å²) in [6.07, 6.45) is 0.464. The lowest BCUT2D eigenvalue weighted by molar-refractivity contribution is -0.116. The number of nitrogens with one attached hydrogen (secondary N) is 1. The summed E-state index contributed by atoms with van der Waals surface area (Å²) >= 11 is 6.44. The van der Waals surface area contributed by atoms with Crippen LogP contribution >= 0.6 is 11.6 Å². The van der Waals surface area contributed by atoms with E-state index >= 15 is 0 Å². The fourth-order valence-corrected chi connectivity index (χ4v) is 5.54. The number of anilines is 1. The van der Waals surface area contributed by atoms with Gasteiger partial charge in [-0.2, -0.15) is 9.40 Å². The minimum Gasteiger partial charge on any atom is -0.309 e. The maximum Gasteiger partial charge on any atom is 0.243 e.